The van der Waals surface area contributed by atoms with Crippen LogP contribution >= 0.6 is 0 Å². The van der Waals surface area contributed by atoms with E-state index in [1.54, 1.807) is 4.90 Å². The molecule has 1 N–H and O–H groups in total. The Morgan fingerprint density at radius 3 is 2.67 bits per heavy atom. The Bertz CT molecular complexity index is 567. The first-order valence-corrected chi connectivity index (χ1v) is 7.95. The third kappa shape index (κ3) is 4.08. The summed E-state index contributed by atoms with van der Waals surface area (Å²) in [5, 5.41) is 0. The van der Waals surface area contributed by atoms with E-state index in [0.29, 0.717) is 0 Å². The van der Waals surface area contributed by atoms with Crippen LogP contribution in [0.3, 0.4) is 0 Å². The first-order valence-electron chi connectivity index (χ1n) is 7.95. The third-order valence-corrected chi connectivity index (χ3v) is 4.20. The molecule has 2 aromatic carbocycles. The highest BCUT2D eigenvalue weighted by atomic mass is 16.5. The van der Waals surface area contributed by atoms with Gasteiger partial charge in [-0.25, -0.2) is 0 Å². The van der Waals surface area contributed by atoms with Crippen molar-refractivity contribution in [2.45, 2.75) is 26.3 Å². The third-order valence-electron chi connectivity index (χ3n) is 4.20. The maximum absolute atomic E-state index is 5.92. The lowest BCUT2D eigenvalue weighted by Crippen LogP contribution is -3.12. The molecule has 0 aromatic heterocycles. The SMILES string of the molecule is C[C@H]1CCC[NH+](Cc2cccc(Oc3ccccc3)c2)C1. The van der Waals surface area contributed by atoms with Gasteiger partial charge in [-0.2, -0.15) is 0 Å². The van der Waals surface area contributed by atoms with E-state index in [0.717, 1.165) is 24.0 Å². The Morgan fingerprint density at radius 2 is 1.86 bits per heavy atom. The predicted octanol–water partition coefficient (Wildman–Crippen LogP) is 3.29. The van der Waals surface area contributed by atoms with Crippen LogP contribution in [-0.2, 0) is 6.54 Å². The lowest BCUT2D eigenvalue weighted by atomic mass is 10.00. The zero-order valence-corrected chi connectivity index (χ0v) is 12.7. The zero-order chi connectivity index (χ0) is 14.5. The van der Waals surface area contributed by atoms with Gasteiger partial charge in [-0.3, -0.25) is 0 Å². The fraction of sp³-hybridized carbons (Fsp3) is 0.368. The molecular weight excluding hydrogens is 258 g/mol. The van der Waals surface area contributed by atoms with Gasteiger partial charge in [0, 0.05) is 11.5 Å². The van der Waals surface area contributed by atoms with Crippen LogP contribution in [0, 0.1) is 5.92 Å². The quantitative estimate of drug-likeness (QED) is 0.908. The number of ether oxygens (including phenoxy) is 1. The molecule has 0 radical (unpaired) electrons. The van der Waals surface area contributed by atoms with Crippen LogP contribution in [0.25, 0.3) is 0 Å². The first-order chi connectivity index (χ1) is 10.3. The molecule has 0 bridgehead atoms. The highest BCUT2D eigenvalue weighted by molar-refractivity contribution is 5.33. The standard InChI is InChI=1S/C19H23NO/c1-16-7-6-12-20(14-16)15-17-8-5-11-19(13-17)21-18-9-3-2-4-10-18/h2-5,8-11,13,16H,6-7,12,14-15H2,1H3/p+1/t16-/m0/s1. The van der Waals surface area contributed by atoms with Crippen LogP contribution in [0.4, 0.5) is 0 Å². The topological polar surface area (TPSA) is 13.7 Å². The smallest absolute Gasteiger partial charge is 0.127 e. The van der Waals surface area contributed by atoms with E-state index in [2.05, 4.69) is 25.1 Å². The van der Waals surface area contributed by atoms with Crippen molar-refractivity contribution in [2.75, 3.05) is 13.1 Å². The number of likely N-dealkylation sites (tertiary alicyclic amines) is 1. The van der Waals surface area contributed by atoms with Crippen LogP contribution in [-0.4, -0.2) is 13.1 Å². The molecule has 1 saturated heterocycles. The van der Waals surface area contributed by atoms with Gasteiger partial charge < -0.3 is 9.64 Å². The van der Waals surface area contributed by atoms with Crippen molar-refractivity contribution in [3.63, 3.8) is 0 Å². The van der Waals surface area contributed by atoms with E-state index in [1.165, 1.54) is 31.5 Å². The summed E-state index contributed by atoms with van der Waals surface area (Å²) in [5.74, 6) is 2.69. The van der Waals surface area contributed by atoms with E-state index in [4.69, 9.17) is 4.74 Å². The number of hydrogen-bond donors (Lipinski definition) is 1. The van der Waals surface area contributed by atoms with E-state index < -0.39 is 0 Å². The summed E-state index contributed by atoms with van der Waals surface area (Å²) in [4.78, 5) is 1.70. The molecule has 1 fully saturated rings. The Balaban J connectivity index is 1.65. The number of quaternary nitrogens is 1. The van der Waals surface area contributed by atoms with Gasteiger partial charge in [-0.15, -0.1) is 0 Å². The van der Waals surface area contributed by atoms with Gasteiger partial charge in [0.05, 0.1) is 13.1 Å². The van der Waals surface area contributed by atoms with Gasteiger partial charge in [-0.1, -0.05) is 37.3 Å². The number of para-hydroxylation sites is 1. The Labute approximate surface area is 127 Å². The molecule has 110 valence electrons. The zero-order valence-electron chi connectivity index (χ0n) is 12.7. The van der Waals surface area contributed by atoms with Gasteiger partial charge in [0.2, 0.25) is 0 Å². The van der Waals surface area contributed by atoms with Crippen molar-refractivity contribution in [3.05, 3.63) is 60.2 Å². The second kappa shape index (κ2) is 6.77. The van der Waals surface area contributed by atoms with E-state index in [9.17, 15) is 0 Å². The number of hydrogen-bond acceptors (Lipinski definition) is 1. The number of rotatable bonds is 4. The molecule has 2 atom stereocenters. The minimum Gasteiger partial charge on any atom is -0.457 e. The van der Waals surface area contributed by atoms with Crippen molar-refractivity contribution >= 4 is 0 Å². The van der Waals surface area contributed by atoms with Crippen LogP contribution in [0.15, 0.2) is 54.6 Å². The number of nitrogens with one attached hydrogen (secondary N) is 1. The van der Waals surface area contributed by atoms with Crippen LogP contribution in [0.2, 0.25) is 0 Å². The van der Waals surface area contributed by atoms with Crippen molar-refractivity contribution in [1.82, 2.24) is 0 Å². The average molecular weight is 282 g/mol. The summed E-state index contributed by atoms with van der Waals surface area (Å²) in [7, 11) is 0. The summed E-state index contributed by atoms with van der Waals surface area (Å²) in [6, 6.07) is 18.5. The van der Waals surface area contributed by atoms with Crippen LogP contribution in [0.5, 0.6) is 11.5 Å². The number of piperidine rings is 1. The summed E-state index contributed by atoms with van der Waals surface area (Å²) in [6.45, 7) is 6.07. The van der Waals surface area contributed by atoms with E-state index in [-0.39, 0.29) is 0 Å². The monoisotopic (exact) mass is 282 g/mol. The summed E-state index contributed by atoms with van der Waals surface area (Å²) < 4.78 is 5.92. The highest BCUT2D eigenvalue weighted by Crippen LogP contribution is 2.21. The lowest BCUT2D eigenvalue weighted by molar-refractivity contribution is -0.922. The molecule has 1 aliphatic heterocycles. The van der Waals surface area contributed by atoms with E-state index in [1.807, 2.05) is 36.4 Å². The summed E-state index contributed by atoms with van der Waals surface area (Å²) >= 11 is 0. The van der Waals surface area contributed by atoms with Gasteiger partial charge in [0.15, 0.2) is 0 Å². The summed E-state index contributed by atoms with van der Waals surface area (Å²) in [6.07, 6.45) is 2.75. The highest BCUT2D eigenvalue weighted by Gasteiger charge is 2.19. The number of benzene rings is 2. The van der Waals surface area contributed by atoms with Gasteiger partial charge in [0.1, 0.15) is 18.0 Å². The first kappa shape index (κ1) is 14.2. The molecule has 2 aromatic rings. The maximum atomic E-state index is 5.92. The minimum absolute atomic E-state index is 0.859. The van der Waals surface area contributed by atoms with Gasteiger partial charge in [-0.05, 0) is 37.1 Å². The van der Waals surface area contributed by atoms with Gasteiger partial charge in [0.25, 0.3) is 0 Å². The molecule has 21 heavy (non-hydrogen) atoms. The molecule has 1 unspecified atom stereocenters. The molecule has 0 aliphatic carbocycles. The van der Waals surface area contributed by atoms with Crippen LogP contribution in [0.1, 0.15) is 25.3 Å². The Morgan fingerprint density at radius 1 is 1.05 bits per heavy atom. The normalized spacial score (nSPS) is 22.0. The molecule has 1 heterocycles. The predicted molar refractivity (Wildman–Crippen MR) is 85.8 cm³/mol. The largest absolute Gasteiger partial charge is 0.457 e. The van der Waals surface area contributed by atoms with E-state index >= 15 is 0 Å². The van der Waals surface area contributed by atoms with Crippen molar-refractivity contribution < 1.29 is 9.64 Å². The molecule has 0 spiro atoms. The lowest BCUT2D eigenvalue weighted by Gasteiger charge is -2.27. The Kier molecular flexibility index (Phi) is 4.56. The fourth-order valence-electron chi connectivity index (χ4n) is 3.19. The second-order valence-electron chi connectivity index (χ2n) is 6.19. The molecule has 0 amide bonds. The maximum Gasteiger partial charge on any atom is 0.127 e. The molecule has 1 aliphatic rings. The molecule has 2 nitrogen and oxygen atoms in total. The molecule has 3 rings (SSSR count). The minimum atomic E-state index is 0.859. The van der Waals surface area contributed by atoms with Gasteiger partial charge >= 0.3 is 0 Å². The second-order valence-corrected chi connectivity index (χ2v) is 6.19. The average Bonchev–Trinajstić information content (AvgIpc) is 2.49. The Hall–Kier alpha value is -1.80. The fourth-order valence-corrected chi connectivity index (χ4v) is 3.19. The summed E-state index contributed by atoms with van der Waals surface area (Å²) in [5.41, 5.74) is 1.37. The van der Waals surface area contributed by atoms with Crippen molar-refractivity contribution in [2.24, 2.45) is 5.92 Å². The van der Waals surface area contributed by atoms with Crippen LogP contribution < -0.4 is 9.64 Å². The molecule has 0 saturated carbocycles. The van der Waals surface area contributed by atoms with Crippen molar-refractivity contribution in [1.29, 1.82) is 0 Å². The molecule has 2 heteroatoms. The van der Waals surface area contributed by atoms with Crippen molar-refractivity contribution in [3.8, 4) is 11.5 Å². The molecular formula is C19H24NO+.